The van der Waals surface area contributed by atoms with Crippen LogP contribution in [0.4, 0.5) is 0 Å². The van der Waals surface area contributed by atoms with Gasteiger partial charge in [-0.2, -0.15) is 0 Å². The lowest BCUT2D eigenvalue weighted by Gasteiger charge is -2.32. The van der Waals surface area contributed by atoms with Gasteiger partial charge in [0.1, 0.15) is 6.04 Å². The summed E-state index contributed by atoms with van der Waals surface area (Å²) in [6.07, 6.45) is 3.01. The highest BCUT2D eigenvalue weighted by Gasteiger charge is 2.45. The molecule has 3 atom stereocenters. The standard InChI is InChI=1S/C24H23N3S2/c1-2-18-16-28-24-26-22(21-10-6-7-15-25-21)23(27(18)24)17-11-13-20(14-12-17)29-19-8-4-3-5-9-19/h3-15,18,22-23H,2,16H2,1H3/t18-,22+,23+/m0/s1. The van der Waals surface area contributed by atoms with E-state index in [1.54, 1.807) is 11.8 Å². The van der Waals surface area contributed by atoms with Crippen LogP contribution in [-0.4, -0.2) is 26.8 Å². The van der Waals surface area contributed by atoms with Crippen molar-refractivity contribution in [3.63, 3.8) is 0 Å². The van der Waals surface area contributed by atoms with Gasteiger partial charge in [0.25, 0.3) is 0 Å². The van der Waals surface area contributed by atoms with Crippen molar-refractivity contribution in [3.05, 3.63) is 90.3 Å². The monoisotopic (exact) mass is 417 g/mol. The number of rotatable bonds is 5. The van der Waals surface area contributed by atoms with Crippen molar-refractivity contribution in [2.45, 2.75) is 41.3 Å². The van der Waals surface area contributed by atoms with Gasteiger partial charge in [-0.05, 0) is 48.4 Å². The molecule has 3 heterocycles. The molecule has 1 aromatic heterocycles. The van der Waals surface area contributed by atoms with Gasteiger partial charge in [0, 0.05) is 27.8 Å². The number of hydrogen-bond acceptors (Lipinski definition) is 5. The molecule has 0 bridgehead atoms. The highest BCUT2D eigenvalue weighted by atomic mass is 32.2. The summed E-state index contributed by atoms with van der Waals surface area (Å²) in [4.78, 5) is 14.8. The van der Waals surface area contributed by atoms with E-state index in [9.17, 15) is 0 Å². The maximum absolute atomic E-state index is 5.10. The van der Waals surface area contributed by atoms with E-state index in [-0.39, 0.29) is 12.1 Å². The summed E-state index contributed by atoms with van der Waals surface area (Å²) in [6, 6.07) is 26.5. The topological polar surface area (TPSA) is 28.5 Å². The molecule has 0 saturated carbocycles. The second-order valence-corrected chi connectivity index (χ2v) is 9.45. The zero-order valence-corrected chi connectivity index (χ0v) is 17.9. The Morgan fingerprint density at radius 2 is 1.72 bits per heavy atom. The first-order valence-corrected chi connectivity index (χ1v) is 11.9. The number of amidine groups is 1. The predicted octanol–water partition coefficient (Wildman–Crippen LogP) is 6.21. The van der Waals surface area contributed by atoms with Crippen molar-refractivity contribution >= 4 is 28.7 Å². The molecule has 3 nitrogen and oxygen atoms in total. The zero-order valence-electron chi connectivity index (χ0n) is 16.3. The molecule has 0 unspecified atom stereocenters. The van der Waals surface area contributed by atoms with Crippen LogP contribution in [0.1, 0.15) is 36.7 Å². The van der Waals surface area contributed by atoms with Crippen molar-refractivity contribution in [1.29, 1.82) is 0 Å². The van der Waals surface area contributed by atoms with E-state index < -0.39 is 0 Å². The Labute approximate surface area is 180 Å². The predicted molar refractivity (Wildman–Crippen MR) is 123 cm³/mol. The summed E-state index contributed by atoms with van der Waals surface area (Å²) in [5.74, 6) is 1.13. The van der Waals surface area contributed by atoms with E-state index in [0.717, 1.165) is 17.9 Å². The normalized spacial score (nSPS) is 23.1. The van der Waals surface area contributed by atoms with Crippen LogP contribution >= 0.6 is 23.5 Å². The van der Waals surface area contributed by atoms with Gasteiger partial charge in [0.15, 0.2) is 5.17 Å². The third kappa shape index (κ3) is 3.69. The largest absolute Gasteiger partial charge is 0.338 e. The molecule has 0 amide bonds. The Morgan fingerprint density at radius 3 is 2.45 bits per heavy atom. The van der Waals surface area contributed by atoms with Gasteiger partial charge in [-0.3, -0.25) is 9.98 Å². The molecule has 29 heavy (non-hydrogen) atoms. The number of fused-ring (bicyclic) bond motifs is 1. The summed E-state index contributed by atoms with van der Waals surface area (Å²) >= 11 is 3.69. The molecular weight excluding hydrogens is 394 g/mol. The summed E-state index contributed by atoms with van der Waals surface area (Å²) < 4.78 is 0. The quantitative estimate of drug-likeness (QED) is 0.493. The molecule has 0 aliphatic carbocycles. The number of hydrogen-bond donors (Lipinski definition) is 0. The number of benzene rings is 2. The minimum Gasteiger partial charge on any atom is -0.338 e. The Morgan fingerprint density at radius 1 is 0.966 bits per heavy atom. The van der Waals surface area contributed by atoms with E-state index in [1.807, 2.05) is 24.0 Å². The van der Waals surface area contributed by atoms with Crippen LogP contribution < -0.4 is 0 Å². The summed E-state index contributed by atoms with van der Waals surface area (Å²) in [7, 11) is 0. The van der Waals surface area contributed by atoms with Crippen molar-refractivity contribution in [3.8, 4) is 0 Å². The average molecular weight is 418 g/mol. The molecule has 0 spiro atoms. The van der Waals surface area contributed by atoms with E-state index >= 15 is 0 Å². The van der Waals surface area contributed by atoms with Gasteiger partial charge in [-0.15, -0.1) is 0 Å². The van der Waals surface area contributed by atoms with E-state index in [2.05, 4.69) is 83.5 Å². The van der Waals surface area contributed by atoms with E-state index in [0.29, 0.717) is 6.04 Å². The molecule has 0 radical (unpaired) electrons. The molecule has 146 valence electrons. The molecule has 1 saturated heterocycles. The summed E-state index contributed by atoms with van der Waals surface area (Å²) in [6.45, 7) is 2.28. The first-order valence-electron chi connectivity index (χ1n) is 10.1. The third-order valence-electron chi connectivity index (χ3n) is 5.53. The van der Waals surface area contributed by atoms with Crippen LogP contribution in [0.3, 0.4) is 0 Å². The number of aliphatic imine (C=N–C) groups is 1. The second-order valence-electron chi connectivity index (χ2n) is 7.32. The fourth-order valence-corrected chi connectivity index (χ4v) is 6.24. The molecular formula is C24H23N3S2. The van der Waals surface area contributed by atoms with Crippen LogP contribution in [0.15, 0.2) is 93.8 Å². The van der Waals surface area contributed by atoms with Crippen molar-refractivity contribution in [1.82, 2.24) is 9.88 Å². The van der Waals surface area contributed by atoms with Gasteiger partial charge in [-0.25, -0.2) is 0 Å². The average Bonchev–Trinajstić information content (AvgIpc) is 3.35. The van der Waals surface area contributed by atoms with E-state index in [1.165, 1.54) is 20.5 Å². The number of thioether (sulfide) groups is 1. The molecule has 5 heteroatoms. The summed E-state index contributed by atoms with van der Waals surface area (Å²) in [5, 5.41) is 1.18. The van der Waals surface area contributed by atoms with Gasteiger partial charge >= 0.3 is 0 Å². The molecule has 0 N–H and O–H groups in total. The van der Waals surface area contributed by atoms with Crippen LogP contribution in [0.25, 0.3) is 0 Å². The molecule has 2 aromatic carbocycles. The minimum absolute atomic E-state index is 0.0562. The van der Waals surface area contributed by atoms with Gasteiger partial charge in [0.2, 0.25) is 0 Å². The SMILES string of the molecule is CC[C@H]1CSC2=N[C@H](c3ccccn3)[C@@H](c3ccc(Sc4ccccc4)cc3)N21. The first kappa shape index (κ1) is 18.8. The highest BCUT2D eigenvalue weighted by molar-refractivity contribution is 8.14. The second kappa shape index (κ2) is 8.25. The smallest absolute Gasteiger partial charge is 0.160 e. The Kier molecular flexibility index (Phi) is 5.34. The van der Waals surface area contributed by atoms with E-state index in [4.69, 9.17) is 4.99 Å². The molecule has 2 aliphatic heterocycles. The fraction of sp³-hybridized carbons (Fsp3) is 0.250. The van der Waals surface area contributed by atoms with Gasteiger partial charge in [-0.1, -0.05) is 66.8 Å². The third-order valence-corrected chi connectivity index (χ3v) is 7.67. The van der Waals surface area contributed by atoms with Crippen molar-refractivity contribution in [2.75, 3.05) is 5.75 Å². The molecule has 3 aromatic rings. The zero-order chi connectivity index (χ0) is 19.6. The van der Waals surface area contributed by atoms with Crippen LogP contribution in [-0.2, 0) is 0 Å². The van der Waals surface area contributed by atoms with Crippen LogP contribution in [0, 0.1) is 0 Å². The number of aromatic nitrogens is 1. The highest BCUT2D eigenvalue weighted by Crippen LogP contribution is 2.48. The molecule has 1 fully saturated rings. The molecule has 5 rings (SSSR count). The lowest BCUT2D eigenvalue weighted by atomic mass is 9.95. The van der Waals surface area contributed by atoms with Crippen molar-refractivity contribution < 1.29 is 0 Å². The minimum atomic E-state index is 0.0562. The Hall–Kier alpha value is -2.24. The van der Waals surface area contributed by atoms with Crippen LogP contribution in [0.2, 0.25) is 0 Å². The summed E-state index contributed by atoms with van der Waals surface area (Å²) in [5.41, 5.74) is 2.37. The molecule has 2 aliphatic rings. The van der Waals surface area contributed by atoms with Crippen LogP contribution in [0.5, 0.6) is 0 Å². The lowest BCUT2D eigenvalue weighted by Crippen LogP contribution is -2.35. The fourth-order valence-electron chi connectivity index (χ4n) is 4.07. The maximum Gasteiger partial charge on any atom is 0.160 e. The van der Waals surface area contributed by atoms with Gasteiger partial charge < -0.3 is 4.90 Å². The first-order chi connectivity index (χ1) is 14.3. The number of pyridine rings is 1. The Bertz CT molecular complexity index is 990. The maximum atomic E-state index is 5.10. The Balaban J connectivity index is 1.46. The number of nitrogens with zero attached hydrogens (tertiary/aromatic N) is 3. The van der Waals surface area contributed by atoms with Crippen molar-refractivity contribution in [2.24, 2.45) is 4.99 Å². The van der Waals surface area contributed by atoms with Gasteiger partial charge in [0.05, 0.1) is 11.7 Å². The lowest BCUT2D eigenvalue weighted by molar-refractivity contribution is 0.255.